The minimum atomic E-state index is -0.493. The molecule has 4 bridgehead atoms. The molecule has 0 saturated heterocycles. The van der Waals surface area contributed by atoms with E-state index in [9.17, 15) is 14.4 Å². The fraction of sp³-hybridized carbons (Fsp3) is 0.696. The molecule has 1 amide bonds. The van der Waals surface area contributed by atoms with Crippen LogP contribution in [0.25, 0.3) is 0 Å². The summed E-state index contributed by atoms with van der Waals surface area (Å²) in [6.07, 6.45) is 7.99. The van der Waals surface area contributed by atoms with Crippen molar-refractivity contribution in [1.82, 2.24) is 5.32 Å². The molecule has 4 saturated carbocycles. The summed E-state index contributed by atoms with van der Waals surface area (Å²) in [5.41, 5.74) is 0.964. The van der Waals surface area contributed by atoms with E-state index in [1.165, 1.54) is 38.5 Å². The molecule has 0 aromatic carbocycles. The van der Waals surface area contributed by atoms with Gasteiger partial charge in [-0.2, -0.15) is 0 Å². The molecule has 5 rings (SSSR count). The highest BCUT2D eigenvalue weighted by Gasteiger charge is 2.50. The van der Waals surface area contributed by atoms with Gasteiger partial charge in [0.2, 0.25) is 0 Å². The van der Waals surface area contributed by atoms with Gasteiger partial charge in [-0.1, -0.05) is 0 Å². The fourth-order valence-corrected chi connectivity index (χ4v) is 7.26. The maximum absolute atomic E-state index is 12.2. The Labute approximate surface area is 176 Å². The SMILES string of the molecule is Cc1cc(C(=O)CCC(=O)OCC(=O)NCC23CC4CC(CC(C4)C2)C3)c(C)s1. The van der Waals surface area contributed by atoms with Crippen LogP contribution >= 0.6 is 11.3 Å². The lowest BCUT2D eigenvalue weighted by molar-refractivity contribution is -0.148. The molecule has 4 aliphatic rings. The van der Waals surface area contributed by atoms with Crippen molar-refractivity contribution < 1.29 is 19.1 Å². The van der Waals surface area contributed by atoms with Gasteiger partial charge >= 0.3 is 5.97 Å². The number of thiophene rings is 1. The molecule has 1 heterocycles. The summed E-state index contributed by atoms with van der Waals surface area (Å²) in [6.45, 7) is 4.33. The van der Waals surface area contributed by atoms with E-state index in [-0.39, 0.29) is 36.6 Å². The Hall–Kier alpha value is -1.69. The molecule has 4 fully saturated rings. The van der Waals surface area contributed by atoms with E-state index in [1.807, 2.05) is 19.9 Å². The number of nitrogens with one attached hydrogen (secondary N) is 1. The van der Waals surface area contributed by atoms with Gasteiger partial charge in [0.15, 0.2) is 12.4 Å². The average molecular weight is 418 g/mol. The predicted octanol–water partition coefficient (Wildman–Crippen LogP) is 4.20. The number of hydrogen-bond acceptors (Lipinski definition) is 5. The van der Waals surface area contributed by atoms with Crippen molar-refractivity contribution in [2.24, 2.45) is 23.2 Å². The summed E-state index contributed by atoms with van der Waals surface area (Å²) >= 11 is 1.58. The predicted molar refractivity (Wildman–Crippen MR) is 112 cm³/mol. The van der Waals surface area contributed by atoms with E-state index in [4.69, 9.17) is 4.74 Å². The van der Waals surface area contributed by atoms with Gasteiger partial charge in [-0.05, 0) is 81.6 Å². The molecular weight excluding hydrogens is 386 g/mol. The molecule has 0 aliphatic heterocycles. The molecule has 29 heavy (non-hydrogen) atoms. The fourth-order valence-electron chi connectivity index (χ4n) is 6.32. The summed E-state index contributed by atoms with van der Waals surface area (Å²) in [7, 11) is 0. The van der Waals surface area contributed by atoms with E-state index >= 15 is 0 Å². The van der Waals surface area contributed by atoms with Crippen LogP contribution < -0.4 is 5.32 Å². The highest BCUT2D eigenvalue weighted by molar-refractivity contribution is 7.12. The van der Waals surface area contributed by atoms with Gasteiger partial charge in [0.1, 0.15) is 0 Å². The lowest BCUT2D eigenvalue weighted by Crippen LogP contribution is -2.51. The Balaban J connectivity index is 1.17. The van der Waals surface area contributed by atoms with Crippen LogP contribution in [-0.2, 0) is 14.3 Å². The quantitative estimate of drug-likeness (QED) is 0.508. The van der Waals surface area contributed by atoms with Crippen LogP contribution in [0, 0.1) is 37.0 Å². The Morgan fingerprint density at radius 1 is 1.07 bits per heavy atom. The lowest BCUT2D eigenvalue weighted by Gasteiger charge is -2.56. The van der Waals surface area contributed by atoms with Crippen LogP contribution in [0.2, 0.25) is 0 Å². The summed E-state index contributed by atoms with van der Waals surface area (Å²) in [5, 5.41) is 3.01. The molecule has 0 unspecified atom stereocenters. The van der Waals surface area contributed by atoms with Crippen molar-refractivity contribution >= 4 is 29.0 Å². The summed E-state index contributed by atoms with van der Waals surface area (Å²) in [5.74, 6) is 1.78. The topological polar surface area (TPSA) is 72.5 Å². The molecule has 1 N–H and O–H groups in total. The largest absolute Gasteiger partial charge is 0.456 e. The molecule has 6 heteroatoms. The van der Waals surface area contributed by atoms with Crippen molar-refractivity contribution in [3.63, 3.8) is 0 Å². The highest BCUT2D eigenvalue weighted by Crippen LogP contribution is 2.59. The Morgan fingerprint density at radius 3 is 2.24 bits per heavy atom. The molecule has 1 aromatic rings. The Morgan fingerprint density at radius 2 is 1.69 bits per heavy atom. The van der Waals surface area contributed by atoms with Gasteiger partial charge in [0, 0.05) is 28.3 Å². The van der Waals surface area contributed by atoms with Crippen LogP contribution in [0.3, 0.4) is 0 Å². The zero-order valence-corrected chi connectivity index (χ0v) is 18.2. The number of ether oxygens (including phenoxy) is 1. The third-order valence-electron chi connectivity index (χ3n) is 7.09. The van der Waals surface area contributed by atoms with Crippen LogP contribution in [0.1, 0.15) is 71.5 Å². The van der Waals surface area contributed by atoms with Crippen LogP contribution in [0.15, 0.2) is 6.07 Å². The van der Waals surface area contributed by atoms with Gasteiger partial charge in [-0.15, -0.1) is 11.3 Å². The van der Waals surface area contributed by atoms with Crippen molar-refractivity contribution in [2.45, 2.75) is 65.2 Å². The number of Topliss-reactive ketones (excluding diaryl/α,β-unsaturated/α-hetero) is 1. The molecular formula is C23H31NO4S. The molecule has 5 nitrogen and oxygen atoms in total. The number of carbonyl (C=O) groups is 3. The number of amides is 1. The first-order valence-electron chi connectivity index (χ1n) is 10.8. The second-order valence-electron chi connectivity index (χ2n) is 9.61. The molecule has 0 radical (unpaired) electrons. The van der Waals surface area contributed by atoms with E-state index in [2.05, 4.69) is 5.32 Å². The number of carbonyl (C=O) groups excluding carboxylic acids is 3. The number of hydrogen-bond donors (Lipinski definition) is 1. The normalized spacial score (nSPS) is 29.7. The average Bonchev–Trinajstić information content (AvgIpc) is 3.00. The zero-order valence-electron chi connectivity index (χ0n) is 17.4. The summed E-state index contributed by atoms with van der Waals surface area (Å²) < 4.78 is 5.10. The Kier molecular flexibility index (Phi) is 5.83. The van der Waals surface area contributed by atoms with Crippen LogP contribution in [0.4, 0.5) is 0 Å². The smallest absolute Gasteiger partial charge is 0.306 e. The zero-order chi connectivity index (χ0) is 20.6. The van der Waals surface area contributed by atoms with Crippen molar-refractivity contribution in [2.75, 3.05) is 13.2 Å². The number of ketones is 1. The minimum Gasteiger partial charge on any atom is -0.456 e. The van der Waals surface area contributed by atoms with Gasteiger partial charge < -0.3 is 10.1 Å². The molecule has 0 atom stereocenters. The summed E-state index contributed by atoms with van der Waals surface area (Å²) in [4.78, 5) is 38.5. The highest BCUT2D eigenvalue weighted by atomic mass is 32.1. The first-order valence-corrected chi connectivity index (χ1v) is 11.7. The second kappa shape index (κ2) is 8.21. The van der Waals surface area contributed by atoms with E-state index in [0.29, 0.717) is 12.1 Å². The molecule has 0 spiro atoms. The van der Waals surface area contributed by atoms with Crippen LogP contribution in [-0.4, -0.2) is 30.8 Å². The van der Waals surface area contributed by atoms with Crippen LogP contribution in [0.5, 0.6) is 0 Å². The minimum absolute atomic E-state index is 0.00935. The van der Waals surface area contributed by atoms with Crippen molar-refractivity contribution in [1.29, 1.82) is 0 Å². The standard InChI is InChI=1S/C23H31NO4S/c1-14-5-19(15(2)29-14)20(25)3-4-22(27)28-12-21(26)24-13-23-9-16-6-17(10-23)8-18(7-16)11-23/h5,16-18H,3-4,6-13H2,1-2H3,(H,24,26). The number of esters is 1. The Bertz CT molecular complexity index is 777. The van der Waals surface area contributed by atoms with Crippen molar-refractivity contribution in [3.8, 4) is 0 Å². The van der Waals surface area contributed by atoms with Gasteiger partial charge in [-0.3, -0.25) is 14.4 Å². The van der Waals surface area contributed by atoms with E-state index in [1.54, 1.807) is 11.3 Å². The lowest BCUT2D eigenvalue weighted by atomic mass is 9.49. The maximum atomic E-state index is 12.2. The third-order valence-corrected chi connectivity index (χ3v) is 8.05. The number of aryl methyl sites for hydroxylation is 2. The van der Waals surface area contributed by atoms with Gasteiger partial charge in [0.25, 0.3) is 5.91 Å². The van der Waals surface area contributed by atoms with Crippen molar-refractivity contribution in [3.05, 3.63) is 21.4 Å². The molecule has 4 aliphatic carbocycles. The number of rotatable bonds is 8. The van der Waals surface area contributed by atoms with Gasteiger partial charge in [-0.25, -0.2) is 0 Å². The summed E-state index contributed by atoms with van der Waals surface area (Å²) in [6, 6.07) is 1.87. The third kappa shape index (κ3) is 4.73. The van der Waals surface area contributed by atoms with E-state index in [0.717, 1.165) is 27.5 Å². The molecule has 1 aromatic heterocycles. The molecule has 158 valence electrons. The van der Waals surface area contributed by atoms with E-state index < -0.39 is 5.97 Å². The maximum Gasteiger partial charge on any atom is 0.306 e. The second-order valence-corrected chi connectivity index (χ2v) is 11.1. The first kappa shape index (κ1) is 20.6. The monoisotopic (exact) mass is 417 g/mol. The van der Waals surface area contributed by atoms with Gasteiger partial charge in [0.05, 0.1) is 6.42 Å². The first-order chi connectivity index (χ1) is 13.8.